The van der Waals surface area contributed by atoms with Crippen LogP contribution in [-0.4, -0.2) is 19.0 Å². The van der Waals surface area contributed by atoms with Crippen LogP contribution < -0.4 is 5.32 Å². The van der Waals surface area contributed by atoms with E-state index in [1.165, 1.54) is 19.2 Å². The fraction of sp³-hybridized carbons (Fsp3) is 0.263. The fourth-order valence-electron chi connectivity index (χ4n) is 2.48. The van der Waals surface area contributed by atoms with Gasteiger partial charge in [0.15, 0.2) is 0 Å². The Morgan fingerprint density at radius 3 is 2.38 bits per heavy atom. The van der Waals surface area contributed by atoms with E-state index in [-0.39, 0.29) is 18.4 Å². The van der Waals surface area contributed by atoms with Gasteiger partial charge in [-0.2, -0.15) is 13.2 Å². The summed E-state index contributed by atoms with van der Waals surface area (Å²) in [4.78, 5) is 23.9. The van der Waals surface area contributed by atoms with Crippen molar-refractivity contribution in [3.8, 4) is 0 Å². The number of rotatable bonds is 6. The molecule has 0 radical (unpaired) electrons. The number of alkyl halides is 3. The van der Waals surface area contributed by atoms with Crippen molar-refractivity contribution < 1.29 is 27.5 Å². The number of carbonyl (C=O) groups excluding carboxylic acids is 2. The molecular weight excluding hydrogens is 347 g/mol. The number of nitrogens with one attached hydrogen (secondary N) is 1. The lowest BCUT2D eigenvalue weighted by Gasteiger charge is -2.18. The van der Waals surface area contributed by atoms with Crippen LogP contribution in [-0.2, 0) is 26.9 Å². The minimum Gasteiger partial charge on any atom is -0.469 e. The third-order valence-electron chi connectivity index (χ3n) is 3.75. The maximum atomic E-state index is 12.8. The second-order valence-corrected chi connectivity index (χ2v) is 5.69. The minimum atomic E-state index is -4.47. The van der Waals surface area contributed by atoms with E-state index in [1.54, 1.807) is 30.3 Å². The van der Waals surface area contributed by atoms with Crippen LogP contribution in [0, 0.1) is 0 Å². The van der Waals surface area contributed by atoms with E-state index in [2.05, 4.69) is 10.1 Å². The molecule has 26 heavy (non-hydrogen) atoms. The third kappa shape index (κ3) is 5.61. The normalized spacial score (nSPS) is 12.3. The highest BCUT2D eigenvalue weighted by molar-refractivity contribution is 5.80. The van der Waals surface area contributed by atoms with Gasteiger partial charge in [0, 0.05) is 0 Å². The van der Waals surface area contributed by atoms with Crippen LogP contribution >= 0.6 is 0 Å². The first-order chi connectivity index (χ1) is 12.3. The van der Waals surface area contributed by atoms with Gasteiger partial charge in [0.2, 0.25) is 5.91 Å². The fourth-order valence-corrected chi connectivity index (χ4v) is 2.48. The molecule has 7 heteroatoms. The van der Waals surface area contributed by atoms with Gasteiger partial charge in [0.25, 0.3) is 0 Å². The van der Waals surface area contributed by atoms with Crippen molar-refractivity contribution in [3.63, 3.8) is 0 Å². The van der Waals surface area contributed by atoms with Crippen molar-refractivity contribution in [2.24, 2.45) is 0 Å². The first-order valence-electron chi connectivity index (χ1n) is 7.87. The number of hydrogen-bond donors (Lipinski definition) is 1. The zero-order valence-electron chi connectivity index (χ0n) is 14.0. The Morgan fingerprint density at radius 2 is 1.77 bits per heavy atom. The first kappa shape index (κ1) is 19.5. The number of methoxy groups -OCH3 is 1. The van der Waals surface area contributed by atoms with Gasteiger partial charge in [-0.3, -0.25) is 9.59 Å². The molecule has 4 nitrogen and oxygen atoms in total. The van der Waals surface area contributed by atoms with Crippen LogP contribution in [0.4, 0.5) is 13.2 Å². The highest BCUT2D eigenvalue weighted by Gasteiger charge is 2.30. The van der Waals surface area contributed by atoms with Gasteiger partial charge < -0.3 is 10.1 Å². The third-order valence-corrected chi connectivity index (χ3v) is 3.75. The largest absolute Gasteiger partial charge is 0.469 e. The molecule has 2 rings (SSSR count). The molecule has 0 aliphatic heterocycles. The molecule has 0 heterocycles. The van der Waals surface area contributed by atoms with Crippen molar-refractivity contribution in [2.75, 3.05) is 7.11 Å². The lowest BCUT2D eigenvalue weighted by atomic mass is 10.0. The number of amides is 1. The van der Waals surface area contributed by atoms with Crippen molar-refractivity contribution in [1.29, 1.82) is 0 Å². The molecule has 0 spiro atoms. The van der Waals surface area contributed by atoms with Gasteiger partial charge in [-0.05, 0) is 17.2 Å². The molecule has 138 valence electrons. The molecule has 1 unspecified atom stereocenters. The summed E-state index contributed by atoms with van der Waals surface area (Å²) >= 11 is 0. The summed E-state index contributed by atoms with van der Waals surface area (Å²) in [6.07, 6.45) is -4.77. The van der Waals surface area contributed by atoms with Crippen LogP contribution in [0.1, 0.15) is 29.2 Å². The number of halogens is 3. The van der Waals surface area contributed by atoms with Crippen LogP contribution in [0.2, 0.25) is 0 Å². The maximum absolute atomic E-state index is 12.8. The van der Waals surface area contributed by atoms with Gasteiger partial charge in [0.1, 0.15) is 0 Å². The summed E-state index contributed by atoms with van der Waals surface area (Å²) in [5.74, 6) is -0.986. The monoisotopic (exact) mass is 365 g/mol. The first-order valence-corrected chi connectivity index (χ1v) is 7.87. The molecule has 1 amide bonds. The zero-order chi connectivity index (χ0) is 19.2. The van der Waals surface area contributed by atoms with E-state index in [1.807, 2.05) is 0 Å². The summed E-state index contributed by atoms with van der Waals surface area (Å²) in [6, 6.07) is 12.8. The van der Waals surface area contributed by atoms with Crippen LogP contribution in [0.3, 0.4) is 0 Å². The molecule has 0 aromatic heterocycles. The number of esters is 1. The number of benzene rings is 2. The molecule has 0 saturated carbocycles. The van der Waals surface area contributed by atoms with E-state index in [9.17, 15) is 22.8 Å². The molecular formula is C19H18F3NO3. The van der Waals surface area contributed by atoms with E-state index in [4.69, 9.17) is 0 Å². The topological polar surface area (TPSA) is 55.4 Å². The van der Waals surface area contributed by atoms with Gasteiger partial charge in [-0.15, -0.1) is 0 Å². The Labute approximate surface area is 149 Å². The number of carbonyl (C=O) groups is 2. The van der Waals surface area contributed by atoms with Crippen molar-refractivity contribution in [1.82, 2.24) is 5.32 Å². The Morgan fingerprint density at radius 1 is 1.08 bits per heavy atom. The molecule has 0 saturated heterocycles. The summed E-state index contributed by atoms with van der Waals surface area (Å²) in [5, 5.41) is 2.68. The average molecular weight is 365 g/mol. The molecule has 0 aliphatic rings. The summed E-state index contributed by atoms with van der Waals surface area (Å²) < 4.78 is 42.9. The summed E-state index contributed by atoms with van der Waals surface area (Å²) in [7, 11) is 1.24. The van der Waals surface area contributed by atoms with Gasteiger partial charge in [-0.1, -0.05) is 48.5 Å². The second kappa shape index (κ2) is 8.51. The Bertz CT molecular complexity index is 760. The smallest absolute Gasteiger partial charge is 0.416 e. The van der Waals surface area contributed by atoms with E-state index >= 15 is 0 Å². The number of hydrogen-bond acceptors (Lipinski definition) is 3. The molecule has 2 aromatic rings. The van der Waals surface area contributed by atoms with E-state index < -0.39 is 29.7 Å². The second-order valence-electron chi connectivity index (χ2n) is 5.69. The molecule has 2 aromatic carbocycles. The lowest BCUT2D eigenvalue weighted by molar-refractivity contribution is -0.141. The van der Waals surface area contributed by atoms with E-state index in [0.29, 0.717) is 5.56 Å². The molecule has 0 bridgehead atoms. The Kier molecular flexibility index (Phi) is 6.38. The summed E-state index contributed by atoms with van der Waals surface area (Å²) in [6.45, 7) is 0. The quantitative estimate of drug-likeness (QED) is 0.795. The van der Waals surface area contributed by atoms with E-state index in [0.717, 1.165) is 12.1 Å². The predicted octanol–water partition coefficient (Wildman–Crippen LogP) is 3.67. The molecule has 1 atom stereocenters. The SMILES string of the molecule is COC(=O)CC(NC(=O)Cc1cccc(C(F)(F)F)c1)c1ccccc1. The van der Waals surface area contributed by atoms with Crippen molar-refractivity contribution in [3.05, 3.63) is 71.3 Å². The zero-order valence-corrected chi connectivity index (χ0v) is 14.0. The van der Waals surface area contributed by atoms with Gasteiger partial charge in [0.05, 0.1) is 31.6 Å². The Hall–Kier alpha value is -2.83. The molecule has 0 fully saturated rings. The standard InChI is InChI=1S/C19H18F3NO3/c1-26-18(25)12-16(14-7-3-2-4-8-14)23-17(24)11-13-6-5-9-15(10-13)19(20,21)22/h2-10,16H,11-12H2,1H3,(H,23,24). The minimum absolute atomic E-state index is 0.0746. The summed E-state index contributed by atoms with van der Waals surface area (Å²) in [5.41, 5.74) is 0.134. The van der Waals surface area contributed by atoms with Gasteiger partial charge >= 0.3 is 12.1 Å². The van der Waals surface area contributed by atoms with Gasteiger partial charge in [-0.25, -0.2) is 0 Å². The molecule has 0 aliphatic carbocycles. The predicted molar refractivity (Wildman–Crippen MR) is 89.1 cm³/mol. The maximum Gasteiger partial charge on any atom is 0.416 e. The average Bonchev–Trinajstić information content (AvgIpc) is 2.61. The Balaban J connectivity index is 2.11. The van der Waals surface area contributed by atoms with Crippen LogP contribution in [0.25, 0.3) is 0 Å². The van der Waals surface area contributed by atoms with Crippen molar-refractivity contribution >= 4 is 11.9 Å². The molecule has 1 N–H and O–H groups in total. The lowest BCUT2D eigenvalue weighted by Crippen LogP contribution is -2.31. The number of ether oxygens (including phenoxy) is 1. The van der Waals surface area contributed by atoms with Crippen LogP contribution in [0.15, 0.2) is 54.6 Å². The van der Waals surface area contributed by atoms with Crippen molar-refractivity contribution in [2.45, 2.75) is 25.1 Å². The van der Waals surface area contributed by atoms with Crippen LogP contribution in [0.5, 0.6) is 0 Å². The highest BCUT2D eigenvalue weighted by Crippen LogP contribution is 2.29. The highest BCUT2D eigenvalue weighted by atomic mass is 19.4.